The van der Waals surface area contributed by atoms with E-state index in [4.69, 9.17) is 0 Å². The van der Waals surface area contributed by atoms with E-state index in [1.165, 1.54) is 32.1 Å². The lowest BCUT2D eigenvalue weighted by Gasteiger charge is -2.05. The molecule has 0 aliphatic carbocycles. The lowest BCUT2D eigenvalue weighted by Crippen LogP contribution is -2.02. The van der Waals surface area contributed by atoms with Gasteiger partial charge in [0.15, 0.2) is 0 Å². The molecule has 0 saturated carbocycles. The zero-order valence-corrected chi connectivity index (χ0v) is 14.1. The monoisotopic (exact) mass is 304 g/mol. The number of hydrogen-bond acceptors (Lipinski definition) is 2. The van der Waals surface area contributed by atoms with E-state index in [1.807, 2.05) is 0 Å². The van der Waals surface area contributed by atoms with Gasteiger partial charge in [0.2, 0.25) is 0 Å². The fraction of sp³-hybridized carbons (Fsp3) is 0.875. The van der Waals surface area contributed by atoms with Crippen LogP contribution in [-0.2, 0) is 10.1 Å². The zero-order valence-electron chi connectivity index (χ0n) is 13.2. The van der Waals surface area contributed by atoms with Gasteiger partial charge in [0.25, 0.3) is 10.1 Å². The quantitative estimate of drug-likeness (QED) is 0.362. The van der Waals surface area contributed by atoms with E-state index in [1.54, 1.807) is 6.08 Å². The minimum Gasteiger partial charge on any atom is -0.282 e. The first-order valence-corrected chi connectivity index (χ1v) is 9.62. The Bertz CT molecular complexity index is 345. The van der Waals surface area contributed by atoms with Crippen molar-refractivity contribution >= 4 is 10.1 Å². The molecule has 0 fully saturated rings. The van der Waals surface area contributed by atoms with E-state index < -0.39 is 10.1 Å². The Kier molecular flexibility index (Phi) is 12.2. The molecular weight excluding hydrogens is 272 g/mol. The van der Waals surface area contributed by atoms with Gasteiger partial charge in [-0.15, -0.1) is 0 Å². The van der Waals surface area contributed by atoms with E-state index in [9.17, 15) is 13.0 Å². The average molecular weight is 304 g/mol. The SMILES string of the molecule is CCCCCCC/C=C(\CCCCCCC)S(=O)(=O)O. The zero-order chi connectivity index (χ0) is 15.3. The van der Waals surface area contributed by atoms with E-state index in [0.717, 1.165) is 38.5 Å². The Balaban J connectivity index is 4.02. The second kappa shape index (κ2) is 12.4. The second-order valence-electron chi connectivity index (χ2n) is 5.51. The largest absolute Gasteiger partial charge is 0.290 e. The van der Waals surface area contributed by atoms with Crippen molar-refractivity contribution in [2.24, 2.45) is 0 Å². The van der Waals surface area contributed by atoms with Crippen molar-refractivity contribution in [1.29, 1.82) is 0 Å². The molecule has 0 unspecified atom stereocenters. The maximum Gasteiger partial charge on any atom is 0.290 e. The highest BCUT2D eigenvalue weighted by Gasteiger charge is 2.12. The molecule has 120 valence electrons. The lowest BCUT2D eigenvalue weighted by molar-refractivity contribution is 0.487. The van der Waals surface area contributed by atoms with Gasteiger partial charge in [0.1, 0.15) is 0 Å². The third-order valence-corrected chi connectivity index (χ3v) is 4.57. The summed E-state index contributed by atoms with van der Waals surface area (Å²) >= 11 is 0. The number of allylic oxidation sites excluding steroid dienone is 2. The highest BCUT2D eigenvalue weighted by atomic mass is 32.2. The first-order valence-electron chi connectivity index (χ1n) is 8.18. The van der Waals surface area contributed by atoms with Crippen LogP contribution in [0.1, 0.15) is 90.9 Å². The van der Waals surface area contributed by atoms with Crippen LogP contribution in [0.15, 0.2) is 11.0 Å². The number of rotatable bonds is 13. The van der Waals surface area contributed by atoms with Gasteiger partial charge >= 0.3 is 0 Å². The maximum atomic E-state index is 11.3. The molecule has 0 saturated heterocycles. The van der Waals surface area contributed by atoms with Crippen LogP contribution in [0.4, 0.5) is 0 Å². The Morgan fingerprint density at radius 2 is 1.35 bits per heavy atom. The molecule has 0 aromatic rings. The molecule has 0 aliphatic heterocycles. The van der Waals surface area contributed by atoms with Gasteiger partial charge < -0.3 is 0 Å². The van der Waals surface area contributed by atoms with Gasteiger partial charge in [-0.2, -0.15) is 8.42 Å². The van der Waals surface area contributed by atoms with Gasteiger partial charge in [-0.05, 0) is 25.7 Å². The number of unbranched alkanes of at least 4 members (excludes halogenated alkanes) is 9. The topological polar surface area (TPSA) is 54.4 Å². The molecule has 0 atom stereocenters. The lowest BCUT2D eigenvalue weighted by atomic mass is 10.1. The van der Waals surface area contributed by atoms with Crippen LogP contribution in [0, 0.1) is 0 Å². The van der Waals surface area contributed by atoms with Gasteiger partial charge in [0, 0.05) is 0 Å². The summed E-state index contributed by atoms with van der Waals surface area (Å²) in [5.74, 6) is 0. The van der Waals surface area contributed by atoms with Crippen LogP contribution in [0.3, 0.4) is 0 Å². The van der Waals surface area contributed by atoms with Crippen LogP contribution in [0.2, 0.25) is 0 Å². The molecule has 3 nitrogen and oxygen atoms in total. The van der Waals surface area contributed by atoms with E-state index >= 15 is 0 Å². The summed E-state index contributed by atoms with van der Waals surface area (Å²) in [6, 6.07) is 0. The molecule has 0 heterocycles. The van der Waals surface area contributed by atoms with Crippen LogP contribution in [0.5, 0.6) is 0 Å². The van der Waals surface area contributed by atoms with Crippen LogP contribution < -0.4 is 0 Å². The fourth-order valence-electron chi connectivity index (χ4n) is 2.25. The number of hydrogen-bond donors (Lipinski definition) is 1. The first-order chi connectivity index (χ1) is 9.52. The van der Waals surface area contributed by atoms with E-state index in [-0.39, 0.29) is 4.91 Å². The maximum absolute atomic E-state index is 11.3. The van der Waals surface area contributed by atoms with Gasteiger partial charge in [-0.3, -0.25) is 4.55 Å². The van der Waals surface area contributed by atoms with Crippen molar-refractivity contribution in [3.8, 4) is 0 Å². The second-order valence-corrected chi connectivity index (χ2v) is 6.99. The summed E-state index contributed by atoms with van der Waals surface area (Å²) < 4.78 is 31.8. The minimum atomic E-state index is -3.99. The highest BCUT2D eigenvalue weighted by molar-refractivity contribution is 7.89. The smallest absolute Gasteiger partial charge is 0.282 e. The van der Waals surface area contributed by atoms with Crippen LogP contribution >= 0.6 is 0 Å². The third kappa shape index (κ3) is 11.5. The van der Waals surface area contributed by atoms with Crippen LogP contribution in [0.25, 0.3) is 0 Å². The molecule has 1 N–H and O–H groups in total. The minimum absolute atomic E-state index is 0.226. The summed E-state index contributed by atoms with van der Waals surface area (Å²) in [5.41, 5.74) is 0. The van der Waals surface area contributed by atoms with Crippen molar-refractivity contribution in [2.45, 2.75) is 90.9 Å². The third-order valence-electron chi connectivity index (χ3n) is 3.54. The molecule has 0 aromatic heterocycles. The summed E-state index contributed by atoms with van der Waals surface area (Å²) in [5, 5.41) is 0. The Morgan fingerprint density at radius 1 is 0.850 bits per heavy atom. The summed E-state index contributed by atoms with van der Waals surface area (Å²) in [6.45, 7) is 4.33. The molecule has 0 amide bonds. The van der Waals surface area contributed by atoms with Crippen molar-refractivity contribution in [3.63, 3.8) is 0 Å². The van der Waals surface area contributed by atoms with Gasteiger partial charge in [0.05, 0.1) is 4.91 Å². The summed E-state index contributed by atoms with van der Waals surface area (Å²) in [4.78, 5) is 0.226. The molecule has 0 aliphatic rings. The standard InChI is InChI=1S/C16H32O3S/c1-3-5-7-9-11-13-15-16(20(17,18)19)14-12-10-8-6-4-2/h15H,3-14H2,1-2H3,(H,17,18,19)/b16-15+. The Hall–Kier alpha value is -0.350. The predicted octanol–water partition coefficient (Wildman–Crippen LogP) is 5.48. The molecule has 0 spiro atoms. The Morgan fingerprint density at radius 3 is 1.85 bits per heavy atom. The highest BCUT2D eigenvalue weighted by Crippen LogP contribution is 2.17. The Labute approximate surface area is 125 Å². The van der Waals surface area contributed by atoms with Crippen molar-refractivity contribution < 1.29 is 13.0 Å². The molecule has 0 radical (unpaired) electrons. The predicted molar refractivity (Wildman–Crippen MR) is 86.4 cm³/mol. The van der Waals surface area contributed by atoms with Crippen molar-refractivity contribution in [3.05, 3.63) is 11.0 Å². The summed E-state index contributed by atoms with van der Waals surface area (Å²) in [7, 11) is -3.99. The average Bonchev–Trinajstić information content (AvgIpc) is 2.38. The molecular formula is C16H32O3S. The molecule has 0 aromatic carbocycles. The van der Waals surface area contributed by atoms with Gasteiger partial charge in [-0.1, -0.05) is 71.3 Å². The van der Waals surface area contributed by atoms with Crippen molar-refractivity contribution in [2.75, 3.05) is 0 Å². The normalized spacial score (nSPS) is 12.8. The molecule has 0 rings (SSSR count). The molecule has 20 heavy (non-hydrogen) atoms. The van der Waals surface area contributed by atoms with E-state index in [2.05, 4.69) is 13.8 Å². The van der Waals surface area contributed by atoms with Gasteiger partial charge in [-0.25, -0.2) is 0 Å². The molecule has 0 bridgehead atoms. The molecule has 4 heteroatoms. The fourth-order valence-corrected chi connectivity index (χ4v) is 2.98. The summed E-state index contributed by atoms with van der Waals surface area (Å²) in [6.07, 6.45) is 14.2. The first kappa shape index (κ1) is 19.7. The van der Waals surface area contributed by atoms with Crippen molar-refractivity contribution in [1.82, 2.24) is 0 Å². The van der Waals surface area contributed by atoms with E-state index in [0.29, 0.717) is 6.42 Å². The van der Waals surface area contributed by atoms with Crippen LogP contribution in [-0.4, -0.2) is 13.0 Å².